The minimum Gasteiger partial charge on any atom is -0.388 e. The molecule has 2 N–H and O–H groups in total. The maximum atomic E-state index is 12.6. The van der Waals surface area contributed by atoms with Crippen LogP contribution in [-0.4, -0.2) is 71.6 Å². The summed E-state index contributed by atoms with van der Waals surface area (Å²) >= 11 is 0. The molecule has 1 aromatic rings. The molecule has 0 bridgehead atoms. The Balaban J connectivity index is 2.02. The molecule has 1 atom stereocenters. The van der Waals surface area contributed by atoms with Crippen LogP contribution in [0.2, 0.25) is 0 Å². The van der Waals surface area contributed by atoms with Gasteiger partial charge < -0.3 is 20.2 Å². The molecule has 0 spiro atoms. The predicted octanol–water partition coefficient (Wildman–Crippen LogP) is 0.0359. The van der Waals surface area contributed by atoms with Crippen molar-refractivity contribution in [3.63, 3.8) is 0 Å². The number of likely N-dealkylation sites (tertiary alicyclic amines) is 1. The van der Waals surface area contributed by atoms with Gasteiger partial charge in [0.05, 0.1) is 11.2 Å². The summed E-state index contributed by atoms with van der Waals surface area (Å²) in [5.41, 5.74) is -0.624. The van der Waals surface area contributed by atoms with E-state index in [-0.39, 0.29) is 24.8 Å². The molecule has 1 saturated heterocycles. The summed E-state index contributed by atoms with van der Waals surface area (Å²) in [6.45, 7) is 0.800. The van der Waals surface area contributed by atoms with Crippen LogP contribution >= 0.6 is 0 Å². The van der Waals surface area contributed by atoms with Gasteiger partial charge in [0.2, 0.25) is 11.9 Å². The molecule has 1 aromatic heterocycles. The molecule has 0 unspecified atom stereocenters. The van der Waals surface area contributed by atoms with Crippen molar-refractivity contribution >= 4 is 17.8 Å². The zero-order valence-electron chi connectivity index (χ0n) is 14.4. The van der Waals surface area contributed by atoms with Gasteiger partial charge in [0.15, 0.2) is 0 Å². The van der Waals surface area contributed by atoms with E-state index in [0.717, 1.165) is 0 Å². The Labute approximate surface area is 141 Å². The van der Waals surface area contributed by atoms with Crippen molar-refractivity contribution in [3.05, 3.63) is 18.0 Å². The van der Waals surface area contributed by atoms with Gasteiger partial charge in [-0.2, -0.15) is 0 Å². The first kappa shape index (κ1) is 18.1. The minimum absolute atomic E-state index is 0.112. The molecule has 2 rings (SSSR count). The second-order valence-corrected chi connectivity index (χ2v) is 6.39. The van der Waals surface area contributed by atoms with Crippen molar-refractivity contribution in [1.29, 1.82) is 0 Å². The third-order valence-electron chi connectivity index (χ3n) is 4.22. The first-order valence-corrected chi connectivity index (χ1v) is 8.06. The van der Waals surface area contributed by atoms with Crippen LogP contribution in [0.5, 0.6) is 0 Å². The van der Waals surface area contributed by atoms with Gasteiger partial charge in [-0.15, -0.1) is 0 Å². The van der Waals surface area contributed by atoms with Gasteiger partial charge in [-0.3, -0.25) is 9.59 Å². The van der Waals surface area contributed by atoms with Crippen LogP contribution in [0.4, 0.5) is 5.95 Å². The lowest BCUT2D eigenvalue weighted by Crippen LogP contribution is -2.50. The van der Waals surface area contributed by atoms with E-state index in [2.05, 4.69) is 15.3 Å². The smallest absolute Gasteiger partial charge is 0.257 e. The molecular weight excluding hydrogens is 310 g/mol. The van der Waals surface area contributed by atoms with Crippen molar-refractivity contribution in [3.8, 4) is 0 Å². The van der Waals surface area contributed by atoms with Crippen LogP contribution in [0.1, 0.15) is 36.0 Å². The van der Waals surface area contributed by atoms with Crippen LogP contribution in [0, 0.1) is 0 Å². The molecule has 0 aromatic carbocycles. The minimum atomic E-state index is -1.02. The van der Waals surface area contributed by atoms with Gasteiger partial charge in [0, 0.05) is 53.0 Å². The molecule has 2 heterocycles. The number of β-amino-alcohol motifs (C(OH)–C–C–N with tert-alkyl or cyclic N) is 1. The number of nitrogens with one attached hydrogen (secondary N) is 1. The summed E-state index contributed by atoms with van der Waals surface area (Å²) in [5, 5.41) is 13.2. The maximum absolute atomic E-state index is 12.6. The van der Waals surface area contributed by atoms with Crippen molar-refractivity contribution in [2.45, 2.75) is 31.3 Å². The fourth-order valence-electron chi connectivity index (χ4n) is 2.81. The van der Waals surface area contributed by atoms with Crippen LogP contribution in [-0.2, 0) is 4.79 Å². The van der Waals surface area contributed by atoms with Crippen LogP contribution in [0.15, 0.2) is 12.4 Å². The molecule has 24 heavy (non-hydrogen) atoms. The number of hydrogen-bond acceptors (Lipinski definition) is 6. The number of anilines is 1. The summed E-state index contributed by atoms with van der Waals surface area (Å²) < 4.78 is 0. The lowest BCUT2D eigenvalue weighted by atomic mass is 9.88. The van der Waals surface area contributed by atoms with Crippen molar-refractivity contribution in [2.75, 3.05) is 39.1 Å². The molecule has 2 amide bonds. The van der Waals surface area contributed by atoms with Crippen LogP contribution in [0.25, 0.3) is 0 Å². The van der Waals surface area contributed by atoms with E-state index in [4.69, 9.17) is 0 Å². The average molecular weight is 335 g/mol. The Morgan fingerprint density at radius 3 is 2.62 bits per heavy atom. The zero-order chi connectivity index (χ0) is 17.7. The maximum Gasteiger partial charge on any atom is 0.257 e. The highest BCUT2D eigenvalue weighted by Crippen LogP contribution is 2.26. The summed E-state index contributed by atoms with van der Waals surface area (Å²) in [5.74, 6) is 0.227. The summed E-state index contributed by atoms with van der Waals surface area (Å²) in [7, 11) is 5.22. The van der Waals surface area contributed by atoms with Gasteiger partial charge >= 0.3 is 0 Å². The normalized spacial score (nSPS) is 20.6. The number of amides is 2. The number of carbonyl (C=O) groups is 2. The molecule has 132 valence electrons. The number of hydrogen-bond donors (Lipinski definition) is 2. The van der Waals surface area contributed by atoms with E-state index in [9.17, 15) is 14.7 Å². The third-order valence-corrected chi connectivity index (χ3v) is 4.22. The molecule has 1 fully saturated rings. The van der Waals surface area contributed by atoms with Crippen LogP contribution < -0.4 is 10.2 Å². The van der Waals surface area contributed by atoms with Gasteiger partial charge in [0.1, 0.15) is 0 Å². The van der Waals surface area contributed by atoms with Crippen molar-refractivity contribution < 1.29 is 14.7 Å². The molecule has 0 radical (unpaired) electrons. The Kier molecular flexibility index (Phi) is 5.71. The molecule has 8 heteroatoms. The quantitative estimate of drug-likeness (QED) is 0.788. The molecule has 0 aliphatic carbocycles. The van der Waals surface area contributed by atoms with Crippen molar-refractivity contribution in [2.24, 2.45) is 0 Å². The first-order chi connectivity index (χ1) is 11.3. The Morgan fingerprint density at radius 2 is 2.04 bits per heavy atom. The number of nitrogens with zero attached hydrogens (tertiary/aromatic N) is 4. The zero-order valence-corrected chi connectivity index (χ0v) is 14.4. The molecular formula is C16H25N5O3. The molecule has 0 saturated carbocycles. The van der Waals surface area contributed by atoms with Crippen molar-refractivity contribution in [1.82, 2.24) is 20.2 Å². The number of aliphatic hydroxyl groups is 1. The van der Waals surface area contributed by atoms with Gasteiger partial charge in [0.25, 0.3) is 5.91 Å². The van der Waals surface area contributed by atoms with Gasteiger partial charge in [-0.1, -0.05) is 0 Å². The predicted molar refractivity (Wildman–Crippen MR) is 89.7 cm³/mol. The van der Waals surface area contributed by atoms with Gasteiger partial charge in [-0.25, -0.2) is 9.97 Å². The fourth-order valence-corrected chi connectivity index (χ4v) is 2.81. The lowest BCUT2D eigenvalue weighted by molar-refractivity contribution is -0.122. The fraction of sp³-hybridized carbons (Fsp3) is 0.625. The summed E-state index contributed by atoms with van der Waals surface area (Å²) in [6.07, 6.45) is 4.88. The second kappa shape index (κ2) is 7.57. The van der Waals surface area contributed by atoms with E-state index in [1.54, 1.807) is 16.8 Å². The van der Waals surface area contributed by atoms with E-state index in [0.29, 0.717) is 37.3 Å². The third kappa shape index (κ3) is 4.41. The standard InChI is InChI=1S/C16H25N5O3/c1-17-13(22)5-7-16(24)6-4-8-21(11-16)14(23)12-9-18-15(19-10-12)20(2)3/h9-10,24H,4-8,11H2,1-3H3,(H,17,22)/t16-/m1/s1. The van der Waals surface area contributed by atoms with Crippen LogP contribution in [0.3, 0.4) is 0 Å². The molecule has 1 aliphatic heterocycles. The number of carbonyl (C=O) groups excluding carboxylic acids is 2. The summed E-state index contributed by atoms with van der Waals surface area (Å²) in [4.78, 5) is 35.7. The SMILES string of the molecule is CNC(=O)CC[C@]1(O)CCCN(C(=O)c2cnc(N(C)C)nc2)C1. The van der Waals surface area contributed by atoms with E-state index in [1.807, 2.05) is 14.1 Å². The number of aromatic nitrogens is 2. The first-order valence-electron chi connectivity index (χ1n) is 8.06. The number of rotatable bonds is 5. The topological polar surface area (TPSA) is 98.7 Å². The van der Waals surface area contributed by atoms with E-state index >= 15 is 0 Å². The Morgan fingerprint density at radius 1 is 1.38 bits per heavy atom. The van der Waals surface area contributed by atoms with E-state index in [1.165, 1.54) is 12.4 Å². The van der Waals surface area contributed by atoms with Gasteiger partial charge in [-0.05, 0) is 19.3 Å². The largest absolute Gasteiger partial charge is 0.388 e. The van der Waals surface area contributed by atoms with E-state index < -0.39 is 5.60 Å². The molecule has 1 aliphatic rings. The highest BCUT2D eigenvalue weighted by molar-refractivity contribution is 5.93. The lowest BCUT2D eigenvalue weighted by Gasteiger charge is -2.39. The second-order valence-electron chi connectivity index (χ2n) is 6.39. The average Bonchev–Trinajstić information content (AvgIpc) is 2.59. The Bertz CT molecular complexity index is 590. The highest BCUT2D eigenvalue weighted by Gasteiger charge is 2.35. The molecule has 8 nitrogen and oxygen atoms in total. The number of piperidine rings is 1. The Hall–Kier alpha value is -2.22. The monoisotopic (exact) mass is 335 g/mol. The summed E-state index contributed by atoms with van der Waals surface area (Å²) in [6, 6.07) is 0. The highest BCUT2D eigenvalue weighted by atomic mass is 16.3.